The average Bonchev–Trinajstić information content (AvgIpc) is 3.89. The molecule has 0 aromatic heterocycles. The Hall–Kier alpha value is -5.38. The minimum atomic E-state index is -1.58. The van der Waals surface area contributed by atoms with E-state index in [-0.39, 0.29) is 38.8 Å². The Labute approximate surface area is 342 Å². The first kappa shape index (κ1) is 49.8. The third-order valence-electron chi connectivity index (χ3n) is 10.8. The number of aliphatic hydroxyl groups is 1. The normalized spacial score (nSPS) is 20.4. The Morgan fingerprint density at radius 3 is 1.68 bits per heavy atom. The summed E-state index contributed by atoms with van der Waals surface area (Å²) >= 11 is 0. The molecular weight excluding hydrogens is 776 g/mol. The van der Waals surface area contributed by atoms with Crippen molar-refractivity contribution in [1.29, 1.82) is 0 Å². The van der Waals surface area contributed by atoms with Gasteiger partial charge in [0.2, 0.25) is 53.2 Å². The number of likely N-dealkylation sites (tertiary alicyclic amines) is 2. The number of hydrogen-bond donors (Lipinski definition) is 10. The van der Waals surface area contributed by atoms with E-state index >= 15 is 0 Å². The van der Waals surface area contributed by atoms with Crippen molar-refractivity contribution in [2.75, 3.05) is 19.7 Å². The molecule has 10 atom stereocenters. The minimum Gasteiger partial charge on any atom is -0.480 e. The van der Waals surface area contributed by atoms with E-state index < -0.39 is 132 Å². The lowest BCUT2D eigenvalue weighted by Gasteiger charge is -2.33. The van der Waals surface area contributed by atoms with Gasteiger partial charge in [0.25, 0.3) is 0 Å². The smallest absolute Gasteiger partial charge is 0.326 e. The first-order chi connectivity index (χ1) is 27.7. The molecule has 0 saturated carbocycles. The van der Waals surface area contributed by atoms with Gasteiger partial charge >= 0.3 is 5.97 Å². The summed E-state index contributed by atoms with van der Waals surface area (Å²) in [5, 5.41) is 32.3. The predicted molar refractivity (Wildman–Crippen MR) is 209 cm³/mol. The zero-order valence-corrected chi connectivity index (χ0v) is 34.4. The highest BCUT2D eigenvalue weighted by Crippen LogP contribution is 2.23. The molecule has 2 fully saturated rings. The van der Waals surface area contributed by atoms with E-state index in [2.05, 4.69) is 26.6 Å². The molecular formula is C37H62N10O12. The van der Waals surface area contributed by atoms with Crippen LogP contribution in [0.25, 0.3) is 0 Å². The van der Waals surface area contributed by atoms with Crippen molar-refractivity contribution in [3.63, 3.8) is 0 Å². The quantitative estimate of drug-likeness (QED) is 0.0470. The fourth-order valence-corrected chi connectivity index (χ4v) is 6.88. The van der Waals surface area contributed by atoms with Crippen LogP contribution in [0, 0.1) is 11.8 Å². The second-order valence-corrected chi connectivity index (χ2v) is 15.3. The maximum atomic E-state index is 14.0. The minimum absolute atomic E-state index is 0.123. The number of nitrogens with one attached hydrogen (secondary N) is 5. The van der Waals surface area contributed by atoms with Gasteiger partial charge in [-0.05, 0) is 50.9 Å². The van der Waals surface area contributed by atoms with E-state index in [1.165, 1.54) is 16.7 Å². The molecule has 0 radical (unpaired) electrons. The molecule has 0 spiro atoms. The molecule has 0 bridgehead atoms. The molecule has 59 heavy (non-hydrogen) atoms. The highest BCUT2D eigenvalue weighted by Gasteiger charge is 2.42. The predicted octanol–water partition coefficient (Wildman–Crippen LogP) is -3.95. The van der Waals surface area contributed by atoms with Crippen molar-refractivity contribution in [2.24, 2.45) is 29.0 Å². The highest BCUT2D eigenvalue weighted by atomic mass is 16.4. The summed E-state index contributed by atoms with van der Waals surface area (Å²) in [4.78, 5) is 131. The number of rotatable bonds is 23. The Balaban J connectivity index is 2.19. The molecule has 22 heteroatoms. The van der Waals surface area contributed by atoms with E-state index in [0.717, 1.165) is 0 Å². The molecule has 0 aromatic rings. The molecule has 0 aliphatic carbocycles. The van der Waals surface area contributed by atoms with Crippen LogP contribution >= 0.6 is 0 Å². The topological polar surface area (TPSA) is 356 Å². The first-order valence-corrected chi connectivity index (χ1v) is 20.0. The molecule has 9 amide bonds. The molecule has 22 nitrogen and oxygen atoms in total. The molecule has 332 valence electrons. The lowest BCUT2D eigenvalue weighted by molar-refractivity contribution is -0.145. The SMILES string of the molecule is CC[C@H](C)[C@H](NC(=O)[C@@H]1CCCN1C(=O)[C@H](C)NC(=O)[C@@H](N)CC(N)=O)C(=O)N[C@@H](CO)C(=O)N[C@H](C(=O)N1CCC[C@H]1C(=O)N[C@@H](CCC(N)=O)C(=O)O)[C@@H](C)CC. The van der Waals surface area contributed by atoms with E-state index in [1.54, 1.807) is 27.7 Å². The highest BCUT2D eigenvalue weighted by molar-refractivity contribution is 5.98. The van der Waals surface area contributed by atoms with Gasteiger partial charge in [0.15, 0.2) is 0 Å². The lowest BCUT2D eigenvalue weighted by Crippen LogP contribution is -2.62. The first-order valence-electron chi connectivity index (χ1n) is 20.0. The second-order valence-electron chi connectivity index (χ2n) is 15.3. The van der Waals surface area contributed by atoms with Crippen molar-refractivity contribution in [3.8, 4) is 0 Å². The molecule has 13 N–H and O–H groups in total. The summed E-state index contributed by atoms with van der Waals surface area (Å²) in [5.74, 6) is -9.13. The monoisotopic (exact) mass is 838 g/mol. The van der Waals surface area contributed by atoms with E-state index in [9.17, 15) is 58.2 Å². The molecule has 2 aliphatic heterocycles. The van der Waals surface area contributed by atoms with Crippen LogP contribution in [0.4, 0.5) is 0 Å². The standard InChI is InChI=1S/C37H62N10O12/c1-6-18(3)28(44-33(54)25-11-8-14-46(25)35(56)20(5)41-30(51)21(38)16-27(40)50)34(55)43-23(17-48)31(52)45-29(19(4)7-2)36(57)47-15-9-10-24(47)32(53)42-22(37(58)59)12-13-26(39)49/h18-25,28-29,48H,6-17,38H2,1-5H3,(H2,39,49)(H2,40,50)(H,41,51)(H,42,53)(H,43,55)(H,44,54)(H,45,52)(H,58,59)/t18-,19-,20-,21-,22-,23-,24-,25-,28-,29-/m0/s1. The molecule has 2 rings (SSSR count). The maximum absolute atomic E-state index is 14.0. The van der Waals surface area contributed by atoms with Crippen LogP contribution < -0.4 is 43.8 Å². The Bertz CT molecular complexity index is 1580. The third-order valence-corrected chi connectivity index (χ3v) is 10.8. The average molecular weight is 839 g/mol. The van der Waals surface area contributed by atoms with Crippen LogP contribution in [0.15, 0.2) is 0 Å². The molecule has 2 saturated heterocycles. The van der Waals surface area contributed by atoms with Crippen molar-refractivity contribution < 1.29 is 58.2 Å². The van der Waals surface area contributed by atoms with Crippen LogP contribution in [0.1, 0.15) is 92.4 Å². The molecule has 0 unspecified atom stereocenters. The van der Waals surface area contributed by atoms with Crippen LogP contribution in [-0.2, 0) is 47.9 Å². The van der Waals surface area contributed by atoms with E-state index in [0.29, 0.717) is 25.7 Å². The van der Waals surface area contributed by atoms with Gasteiger partial charge in [-0.3, -0.25) is 43.2 Å². The Morgan fingerprint density at radius 2 is 1.19 bits per heavy atom. The van der Waals surface area contributed by atoms with E-state index in [1.807, 2.05) is 0 Å². The van der Waals surface area contributed by atoms with Crippen LogP contribution in [0.5, 0.6) is 0 Å². The number of nitrogens with zero attached hydrogens (tertiary/aromatic N) is 2. The summed E-state index contributed by atoms with van der Waals surface area (Å²) < 4.78 is 0. The fraction of sp³-hybridized carbons (Fsp3) is 0.730. The van der Waals surface area contributed by atoms with Crippen molar-refractivity contribution in [1.82, 2.24) is 36.4 Å². The second kappa shape index (κ2) is 23.3. The summed E-state index contributed by atoms with van der Waals surface area (Å²) in [6.45, 7) is 7.70. The summed E-state index contributed by atoms with van der Waals surface area (Å²) in [6.07, 6.45) is 1.09. The number of nitrogens with two attached hydrogens (primary N) is 3. The maximum Gasteiger partial charge on any atom is 0.326 e. The van der Waals surface area contributed by atoms with Crippen molar-refractivity contribution in [2.45, 2.75) is 141 Å². The Morgan fingerprint density at radius 1 is 0.661 bits per heavy atom. The summed E-state index contributed by atoms with van der Waals surface area (Å²) in [6, 6.07) is -9.95. The van der Waals surface area contributed by atoms with Gasteiger partial charge < -0.3 is 63.8 Å². The van der Waals surface area contributed by atoms with E-state index in [4.69, 9.17) is 17.2 Å². The zero-order chi connectivity index (χ0) is 44.7. The number of carbonyl (C=O) groups excluding carboxylic acids is 9. The van der Waals surface area contributed by atoms with Gasteiger partial charge in [-0.25, -0.2) is 4.79 Å². The molecule has 2 aliphatic rings. The van der Waals surface area contributed by atoms with Crippen LogP contribution in [-0.4, -0.2) is 147 Å². The number of aliphatic hydroxyl groups excluding tert-OH is 1. The largest absolute Gasteiger partial charge is 0.480 e. The van der Waals surface area contributed by atoms with Crippen molar-refractivity contribution in [3.05, 3.63) is 0 Å². The van der Waals surface area contributed by atoms with Crippen LogP contribution in [0.2, 0.25) is 0 Å². The summed E-state index contributed by atoms with van der Waals surface area (Å²) in [5.41, 5.74) is 15.9. The number of aliphatic carboxylic acids is 1. The van der Waals surface area contributed by atoms with Crippen molar-refractivity contribution >= 4 is 59.1 Å². The number of primary amides is 2. The molecule has 2 heterocycles. The number of hydrogen-bond acceptors (Lipinski definition) is 12. The number of carboxylic acids is 1. The van der Waals surface area contributed by atoms with Gasteiger partial charge in [-0.15, -0.1) is 0 Å². The van der Waals surface area contributed by atoms with Gasteiger partial charge in [-0.1, -0.05) is 40.5 Å². The number of amides is 9. The molecule has 0 aromatic carbocycles. The van der Waals surface area contributed by atoms with Gasteiger partial charge in [0.1, 0.15) is 42.3 Å². The number of carboxylic acid groups (broad SMARTS) is 1. The lowest BCUT2D eigenvalue weighted by atomic mass is 9.96. The van der Waals surface area contributed by atoms with Crippen LogP contribution in [0.3, 0.4) is 0 Å². The third kappa shape index (κ3) is 14.1. The van der Waals surface area contributed by atoms with Gasteiger partial charge in [-0.2, -0.15) is 0 Å². The Kier molecular flexibility index (Phi) is 19.6. The summed E-state index contributed by atoms with van der Waals surface area (Å²) in [7, 11) is 0. The zero-order valence-electron chi connectivity index (χ0n) is 34.4. The number of carbonyl (C=O) groups is 10. The van der Waals surface area contributed by atoms with Gasteiger partial charge in [0, 0.05) is 19.5 Å². The van der Waals surface area contributed by atoms with Gasteiger partial charge in [0.05, 0.1) is 19.1 Å². The fourth-order valence-electron chi connectivity index (χ4n) is 6.88.